The van der Waals surface area contributed by atoms with Crippen molar-refractivity contribution in [3.63, 3.8) is 0 Å². The normalized spacial score (nSPS) is 11.2. The van der Waals surface area contributed by atoms with Crippen LogP contribution in [0.15, 0.2) is 41.1 Å². The summed E-state index contributed by atoms with van der Waals surface area (Å²) in [6, 6.07) is 10.2. The van der Waals surface area contributed by atoms with Crippen LogP contribution < -0.4 is 4.74 Å². The number of pyridine rings is 1. The van der Waals surface area contributed by atoms with Crippen LogP contribution in [-0.4, -0.2) is 26.8 Å². The van der Waals surface area contributed by atoms with Gasteiger partial charge in [0.05, 0.1) is 18.3 Å². The van der Waals surface area contributed by atoms with Crippen molar-refractivity contribution in [1.82, 2.24) is 19.7 Å². The summed E-state index contributed by atoms with van der Waals surface area (Å²) >= 11 is 0. The molecule has 3 heterocycles. The van der Waals surface area contributed by atoms with Crippen molar-refractivity contribution in [1.29, 1.82) is 0 Å². The van der Waals surface area contributed by atoms with E-state index in [1.165, 1.54) is 5.56 Å². The predicted octanol–water partition coefficient (Wildman–Crippen LogP) is 4.07. The van der Waals surface area contributed by atoms with E-state index in [4.69, 9.17) is 9.26 Å². The minimum Gasteiger partial charge on any atom is -0.497 e. The highest BCUT2D eigenvalue weighted by atomic mass is 16.5. The zero-order valence-corrected chi connectivity index (χ0v) is 15.3. The number of aryl methyl sites for hydroxylation is 3. The standard InChI is InChI=1S/C20H20N4O2/c1-12-19(13(2)26-23-12)16-9-18-20(21-10-16)22-14(3)24(18)11-15-5-7-17(25-4)8-6-15/h5-10H,11H2,1-4H3. The number of fused-ring (bicyclic) bond motifs is 1. The lowest BCUT2D eigenvalue weighted by molar-refractivity contribution is 0.393. The Morgan fingerprint density at radius 3 is 2.54 bits per heavy atom. The molecule has 0 atom stereocenters. The molecule has 0 radical (unpaired) electrons. The lowest BCUT2D eigenvalue weighted by Gasteiger charge is -2.09. The predicted molar refractivity (Wildman–Crippen MR) is 99.3 cm³/mol. The average molecular weight is 348 g/mol. The summed E-state index contributed by atoms with van der Waals surface area (Å²) in [6.45, 7) is 6.58. The van der Waals surface area contributed by atoms with Gasteiger partial charge in [-0.15, -0.1) is 0 Å². The maximum absolute atomic E-state index is 5.30. The fraction of sp³-hybridized carbons (Fsp3) is 0.250. The Morgan fingerprint density at radius 1 is 1.12 bits per heavy atom. The maximum Gasteiger partial charge on any atom is 0.177 e. The highest BCUT2D eigenvalue weighted by Crippen LogP contribution is 2.29. The second kappa shape index (κ2) is 6.29. The van der Waals surface area contributed by atoms with Crippen molar-refractivity contribution in [2.24, 2.45) is 0 Å². The molecule has 0 N–H and O–H groups in total. The molecular formula is C20H20N4O2. The first-order valence-corrected chi connectivity index (χ1v) is 8.46. The molecule has 0 aliphatic heterocycles. The van der Waals surface area contributed by atoms with Crippen LogP contribution in [0.3, 0.4) is 0 Å². The fourth-order valence-electron chi connectivity index (χ4n) is 3.26. The molecule has 132 valence electrons. The zero-order valence-electron chi connectivity index (χ0n) is 15.3. The minimum atomic E-state index is 0.721. The Balaban J connectivity index is 1.79. The van der Waals surface area contributed by atoms with Crippen molar-refractivity contribution in [2.45, 2.75) is 27.3 Å². The van der Waals surface area contributed by atoms with E-state index >= 15 is 0 Å². The summed E-state index contributed by atoms with van der Waals surface area (Å²) in [5.74, 6) is 2.57. The van der Waals surface area contributed by atoms with E-state index in [-0.39, 0.29) is 0 Å². The van der Waals surface area contributed by atoms with Crippen LogP contribution in [0.1, 0.15) is 22.8 Å². The highest BCUT2D eigenvalue weighted by Gasteiger charge is 2.15. The number of hydrogen-bond donors (Lipinski definition) is 0. The molecule has 0 amide bonds. The molecule has 3 aromatic heterocycles. The number of benzene rings is 1. The molecule has 0 fully saturated rings. The van der Waals surface area contributed by atoms with Gasteiger partial charge < -0.3 is 13.8 Å². The van der Waals surface area contributed by atoms with Crippen LogP contribution in [0.2, 0.25) is 0 Å². The summed E-state index contributed by atoms with van der Waals surface area (Å²) in [7, 11) is 1.67. The number of nitrogens with zero attached hydrogens (tertiary/aromatic N) is 4. The number of methoxy groups -OCH3 is 1. The summed E-state index contributed by atoms with van der Waals surface area (Å²) < 4.78 is 12.7. The number of aromatic nitrogens is 4. The lowest BCUT2D eigenvalue weighted by atomic mass is 10.1. The third-order valence-corrected chi connectivity index (χ3v) is 4.62. The average Bonchev–Trinajstić information content (AvgIpc) is 3.14. The Hall–Kier alpha value is -3.15. The number of imidazole rings is 1. The minimum absolute atomic E-state index is 0.721. The smallest absolute Gasteiger partial charge is 0.177 e. The molecule has 0 aliphatic carbocycles. The van der Waals surface area contributed by atoms with E-state index in [9.17, 15) is 0 Å². The van der Waals surface area contributed by atoms with Gasteiger partial charge in [-0.3, -0.25) is 0 Å². The zero-order chi connectivity index (χ0) is 18.3. The van der Waals surface area contributed by atoms with Gasteiger partial charge in [0.15, 0.2) is 5.65 Å². The first-order valence-electron chi connectivity index (χ1n) is 8.46. The van der Waals surface area contributed by atoms with Crippen LogP contribution in [0.4, 0.5) is 0 Å². The van der Waals surface area contributed by atoms with Crippen molar-refractivity contribution >= 4 is 11.2 Å². The van der Waals surface area contributed by atoms with Crippen molar-refractivity contribution < 1.29 is 9.26 Å². The van der Waals surface area contributed by atoms with Gasteiger partial charge in [0, 0.05) is 23.9 Å². The monoisotopic (exact) mass is 348 g/mol. The number of rotatable bonds is 4. The lowest BCUT2D eigenvalue weighted by Crippen LogP contribution is -2.02. The summed E-state index contributed by atoms with van der Waals surface area (Å²) in [4.78, 5) is 9.15. The van der Waals surface area contributed by atoms with Crippen molar-refractivity contribution in [3.05, 3.63) is 59.4 Å². The summed E-state index contributed by atoms with van der Waals surface area (Å²) in [5, 5.41) is 4.05. The van der Waals surface area contributed by atoms with Gasteiger partial charge in [-0.1, -0.05) is 17.3 Å². The third kappa shape index (κ3) is 2.73. The topological polar surface area (TPSA) is 66.0 Å². The fourth-order valence-corrected chi connectivity index (χ4v) is 3.26. The molecule has 1 aromatic carbocycles. The Labute approximate surface area is 151 Å². The van der Waals surface area contributed by atoms with Crippen molar-refractivity contribution in [2.75, 3.05) is 7.11 Å². The van der Waals surface area contributed by atoms with Crippen molar-refractivity contribution in [3.8, 4) is 16.9 Å². The molecule has 0 aliphatic rings. The van der Waals surface area contributed by atoms with E-state index in [1.54, 1.807) is 7.11 Å². The van der Waals surface area contributed by atoms with Gasteiger partial charge in [0.1, 0.15) is 17.3 Å². The molecular weight excluding hydrogens is 328 g/mol. The van der Waals surface area contributed by atoms with E-state index in [2.05, 4.69) is 37.9 Å². The SMILES string of the molecule is COc1ccc(Cn2c(C)nc3ncc(-c4c(C)noc4C)cc32)cc1. The van der Waals surface area contributed by atoms with Gasteiger partial charge >= 0.3 is 0 Å². The molecule has 26 heavy (non-hydrogen) atoms. The molecule has 6 nitrogen and oxygen atoms in total. The molecule has 0 bridgehead atoms. The second-order valence-corrected chi connectivity index (χ2v) is 6.36. The van der Waals surface area contributed by atoms with E-state index in [1.807, 2.05) is 39.1 Å². The summed E-state index contributed by atoms with van der Waals surface area (Å²) in [6.07, 6.45) is 1.83. The first kappa shape index (κ1) is 16.3. The summed E-state index contributed by atoms with van der Waals surface area (Å²) in [5.41, 5.74) is 5.76. The van der Waals surface area contributed by atoms with Crippen LogP contribution in [-0.2, 0) is 6.54 Å². The Bertz CT molecular complexity index is 1060. The second-order valence-electron chi connectivity index (χ2n) is 6.36. The molecule has 0 saturated carbocycles. The molecule has 0 saturated heterocycles. The van der Waals surface area contributed by atoms with Gasteiger partial charge in [-0.05, 0) is 44.5 Å². The first-order chi connectivity index (χ1) is 12.6. The largest absolute Gasteiger partial charge is 0.497 e. The van der Waals surface area contributed by atoms with Crippen LogP contribution >= 0.6 is 0 Å². The molecule has 4 aromatic rings. The molecule has 0 unspecified atom stereocenters. The molecule has 6 heteroatoms. The highest BCUT2D eigenvalue weighted by molar-refractivity contribution is 5.80. The van der Waals surface area contributed by atoms with Crippen LogP contribution in [0, 0.1) is 20.8 Å². The number of hydrogen-bond acceptors (Lipinski definition) is 5. The van der Waals surface area contributed by atoms with Crippen LogP contribution in [0.5, 0.6) is 5.75 Å². The Kier molecular flexibility index (Phi) is 3.95. The number of ether oxygens (including phenoxy) is 1. The van der Waals surface area contributed by atoms with Gasteiger partial charge in [-0.25, -0.2) is 9.97 Å². The van der Waals surface area contributed by atoms with Gasteiger partial charge in [0.2, 0.25) is 0 Å². The van der Waals surface area contributed by atoms with E-state index < -0.39 is 0 Å². The van der Waals surface area contributed by atoms with E-state index in [0.29, 0.717) is 0 Å². The maximum atomic E-state index is 5.30. The van der Waals surface area contributed by atoms with Gasteiger partial charge in [0.25, 0.3) is 0 Å². The Morgan fingerprint density at radius 2 is 1.88 bits per heavy atom. The molecule has 4 rings (SSSR count). The van der Waals surface area contributed by atoms with Crippen LogP contribution in [0.25, 0.3) is 22.3 Å². The van der Waals surface area contributed by atoms with E-state index in [0.717, 1.165) is 51.9 Å². The quantitative estimate of drug-likeness (QED) is 0.556. The van der Waals surface area contributed by atoms with Gasteiger partial charge in [-0.2, -0.15) is 0 Å². The molecule has 0 spiro atoms. The third-order valence-electron chi connectivity index (χ3n) is 4.62.